The highest BCUT2D eigenvalue weighted by molar-refractivity contribution is 7.94. The molecule has 3 aliphatic rings. The molecule has 3 saturated heterocycles. The van der Waals surface area contributed by atoms with E-state index < -0.39 is 9.84 Å². The van der Waals surface area contributed by atoms with Gasteiger partial charge in [0, 0.05) is 19.6 Å². The van der Waals surface area contributed by atoms with Crippen LogP contribution in [0.25, 0.3) is 0 Å². The van der Waals surface area contributed by atoms with E-state index in [-0.39, 0.29) is 17.1 Å². The number of piperidine rings is 1. The van der Waals surface area contributed by atoms with Gasteiger partial charge in [0.1, 0.15) is 0 Å². The van der Waals surface area contributed by atoms with Gasteiger partial charge in [-0.3, -0.25) is 4.90 Å². The van der Waals surface area contributed by atoms with E-state index in [0.717, 1.165) is 6.42 Å². The van der Waals surface area contributed by atoms with Crippen LogP contribution in [-0.2, 0) is 9.84 Å². The fourth-order valence-corrected chi connectivity index (χ4v) is 4.07. The lowest BCUT2D eigenvalue weighted by Gasteiger charge is -2.46. The minimum absolute atomic E-state index is 0.124. The summed E-state index contributed by atoms with van der Waals surface area (Å²) in [6.07, 6.45) is 0.838. The van der Waals surface area contributed by atoms with Gasteiger partial charge in [0.25, 0.3) is 0 Å². The van der Waals surface area contributed by atoms with E-state index in [1.54, 1.807) is 0 Å². The molecule has 0 aromatic rings. The van der Waals surface area contributed by atoms with Crippen molar-refractivity contribution in [2.24, 2.45) is 0 Å². The zero-order valence-corrected chi connectivity index (χ0v) is 7.63. The number of fused-ring (bicyclic) bond motifs is 2. The van der Waals surface area contributed by atoms with E-state index >= 15 is 0 Å². The Kier molecular flexibility index (Phi) is 1.89. The molecule has 2 unspecified atom stereocenters. The van der Waals surface area contributed by atoms with E-state index in [4.69, 9.17) is 5.11 Å². The molecule has 0 aliphatic carbocycles. The predicted molar refractivity (Wildman–Crippen MR) is 44.6 cm³/mol. The van der Waals surface area contributed by atoms with Crippen LogP contribution < -0.4 is 0 Å². The first kappa shape index (κ1) is 8.47. The second-order valence-corrected chi connectivity index (χ2v) is 6.06. The van der Waals surface area contributed by atoms with Gasteiger partial charge in [-0.1, -0.05) is 0 Å². The van der Waals surface area contributed by atoms with Gasteiger partial charge in [0.05, 0.1) is 17.1 Å². The van der Waals surface area contributed by atoms with Crippen molar-refractivity contribution in [3.8, 4) is 0 Å². The fraction of sp³-hybridized carbons (Fsp3) is 1.00. The lowest BCUT2D eigenvalue weighted by molar-refractivity contribution is 0.162. The molecule has 1 N–H and O–H groups in total. The number of aliphatic hydroxyl groups excluding tert-OH is 1. The van der Waals surface area contributed by atoms with Crippen molar-refractivity contribution >= 4 is 9.84 Å². The van der Waals surface area contributed by atoms with E-state index in [9.17, 15) is 8.42 Å². The molecule has 0 amide bonds. The topological polar surface area (TPSA) is 57.6 Å². The second kappa shape index (κ2) is 2.68. The molecule has 12 heavy (non-hydrogen) atoms. The normalized spacial score (nSPS) is 39.1. The predicted octanol–water partition coefficient (Wildman–Crippen LogP) is -1.15. The van der Waals surface area contributed by atoms with Crippen molar-refractivity contribution in [3.05, 3.63) is 0 Å². The second-order valence-electron chi connectivity index (χ2n) is 3.55. The minimum atomic E-state index is -2.74. The molecule has 4 nitrogen and oxygen atoms in total. The van der Waals surface area contributed by atoms with Crippen molar-refractivity contribution in [2.45, 2.75) is 16.9 Å². The van der Waals surface area contributed by atoms with Crippen molar-refractivity contribution in [3.63, 3.8) is 0 Å². The highest BCUT2D eigenvalue weighted by Gasteiger charge is 2.51. The maximum Gasteiger partial charge on any atom is 0.158 e. The smallest absolute Gasteiger partial charge is 0.158 e. The summed E-state index contributed by atoms with van der Waals surface area (Å²) in [7, 11) is -2.74. The van der Waals surface area contributed by atoms with Gasteiger partial charge in [-0.25, -0.2) is 8.42 Å². The summed E-state index contributed by atoms with van der Waals surface area (Å²) in [6, 6.07) is 0. The third-order valence-corrected chi connectivity index (χ3v) is 5.34. The molecular weight excluding hydrogens is 178 g/mol. The van der Waals surface area contributed by atoms with Gasteiger partial charge in [-0.2, -0.15) is 0 Å². The summed E-state index contributed by atoms with van der Waals surface area (Å²) in [4.78, 5) is 2.03. The molecule has 3 fully saturated rings. The first-order valence-corrected chi connectivity index (χ1v) is 5.81. The fourth-order valence-electron chi connectivity index (χ4n) is 2.04. The van der Waals surface area contributed by atoms with Crippen LogP contribution in [0, 0.1) is 0 Å². The summed E-state index contributed by atoms with van der Waals surface area (Å²) in [5, 5.41) is 8.39. The summed E-state index contributed by atoms with van der Waals surface area (Å²) in [6.45, 7) is 1.99. The molecule has 0 spiro atoms. The number of nitrogens with zero attached hydrogens (tertiary/aromatic N) is 1. The summed E-state index contributed by atoms with van der Waals surface area (Å²) in [5.41, 5.74) is 0. The highest BCUT2D eigenvalue weighted by Crippen LogP contribution is 2.34. The number of rotatable bonds is 2. The molecule has 2 atom stereocenters. The SMILES string of the molecule is O=S1(=O)C2CC1CN(CCO)C2. The maximum absolute atomic E-state index is 11.3. The Hall–Kier alpha value is -0.130. The zero-order chi connectivity index (χ0) is 8.77. The molecule has 0 aromatic carbocycles. The van der Waals surface area contributed by atoms with Crippen LogP contribution in [0.5, 0.6) is 0 Å². The van der Waals surface area contributed by atoms with Crippen LogP contribution in [-0.4, -0.2) is 55.2 Å². The molecule has 0 saturated carbocycles. The summed E-state index contributed by atoms with van der Waals surface area (Å²) < 4.78 is 22.6. The van der Waals surface area contributed by atoms with Crippen molar-refractivity contribution < 1.29 is 13.5 Å². The number of hydrogen-bond acceptors (Lipinski definition) is 4. The minimum Gasteiger partial charge on any atom is -0.395 e. The van der Waals surface area contributed by atoms with Crippen LogP contribution in [0.2, 0.25) is 0 Å². The number of hydrogen-bond donors (Lipinski definition) is 1. The number of sulfone groups is 1. The van der Waals surface area contributed by atoms with Crippen molar-refractivity contribution in [2.75, 3.05) is 26.2 Å². The van der Waals surface area contributed by atoms with E-state index in [1.165, 1.54) is 0 Å². The van der Waals surface area contributed by atoms with E-state index in [0.29, 0.717) is 19.6 Å². The van der Waals surface area contributed by atoms with Crippen LogP contribution in [0.1, 0.15) is 6.42 Å². The van der Waals surface area contributed by atoms with E-state index in [1.807, 2.05) is 4.90 Å². The quantitative estimate of drug-likeness (QED) is 0.599. The lowest BCUT2D eigenvalue weighted by atomic mass is 10.1. The Morgan fingerprint density at radius 2 is 1.92 bits per heavy atom. The molecule has 0 aromatic heterocycles. The molecule has 5 heteroatoms. The van der Waals surface area contributed by atoms with Gasteiger partial charge < -0.3 is 5.11 Å². The summed E-state index contributed by atoms with van der Waals surface area (Å²) >= 11 is 0. The third-order valence-electron chi connectivity index (χ3n) is 2.79. The first-order valence-electron chi connectivity index (χ1n) is 4.20. The average molecular weight is 191 g/mol. The molecule has 3 heterocycles. The van der Waals surface area contributed by atoms with Crippen LogP contribution in [0.4, 0.5) is 0 Å². The van der Waals surface area contributed by atoms with Crippen molar-refractivity contribution in [1.29, 1.82) is 0 Å². The molecule has 3 aliphatic heterocycles. The van der Waals surface area contributed by atoms with Gasteiger partial charge in [-0.05, 0) is 6.42 Å². The van der Waals surface area contributed by atoms with Crippen LogP contribution >= 0.6 is 0 Å². The third kappa shape index (κ3) is 1.08. The Balaban J connectivity index is 2.01. The van der Waals surface area contributed by atoms with Crippen molar-refractivity contribution in [1.82, 2.24) is 4.90 Å². The lowest BCUT2D eigenvalue weighted by Crippen LogP contribution is -2.62. The Morgan fingerprint density at radius 1 is 1.33 bits per heavy atom. The molecule has 70 valence electrons. The van der Waals surface area contributed by atoms with Crippen LogP contribution in [0.15, 0.2) is 0 Å². The standard InChI is InChI=1S/C7H13NO3S/c9-2-1-8-4-6-3-7(5-8)12(6,10)11/h6-7,9H,1-5H2. The molecule has 2 bridgehead atoms. The molecule has 0 radical (unpaired) electrons. The maximum atomic E-state index is 11.3. The van der Waals surface area contributed by atoms with Gasteiger partial charge in [0.15, 0.2) is 9.84 Å². The Labute approximate surface area is 72.1 Å². The van der Waals surface area contributed by atoms with Crippen LogP contribution in [0.3, 0.4) is 0 Å². The van der Waals surface area contributed by atoms with Gasteiger partial charge >= 0.3 is 0 Å². The average Bonchev–Trinajstić information content (AvgIpc) is 2.05. The zero-order valence-electron chi connectivity index (χ0n) is 6.81. The first-order chi connectivity index (χ1) is 5.64. The monoisotopic (exact) mass is 191 g/mol. The summed E-state index contributed by atoms with van der Waals surface area (Å²) in [5.74, 6) is 0. The largest absolute Gasteiger partial charge is 0.395 e. The van der Waals surface area contributed by atoms with E-state index in [2.05, 4.69) is 0 Å². The Morgan fingerprint density at radius 3 is 2.33 bits per heavy atom. The van der Waals surface area contributed by atoms with Gasteiger partial charge in [-0.15, -0.1) is 0 Å². The molecule has 3 rings (SSSR count). The highest BCUT2D eigenvalue weighted by atomic mass is 32.2. The Bertz CT molecular complexity index is 256. The van der Waals surface area contributed by atoms with Gasteiger partial charge in [0.2, 0.25) is 0 Å². The number of aliphatic hydroxyl groups is 1. The molecular formula is C7H13NO3S.